The summed E-state index contributed by atoms with van der Waals surface area (Å²) in [5.74, 6) is 0.0985. The quantitative estimate of drug-likeness (QED) is 0.880. The minimum atomic E-state index is -0.0248. The highest BCUT2D eigenvalue weighted by Gasteiger charge is 2.29. The lowest BCUT2D eigenvalue weighted by molar-refractivity contribution is -0.137. The molecule has 0 aliphatic heterocycles. The van der Waals surface area contributed by atoms with Crippen molar-refractivity contribution in [3.8, 4) is 0 Å². The molecule has 0 fully saturated rings. The van der Waals surface area contributed by atoms with Gasteiger partial charge in [-0.25, -0.2) is 4.98 Å². The van der Waals surface area contributed by atoms with Gasteiger partial charge in [0.2, 0.25) is 5.91 Å². The number of rotatable bonds is 5. The largest absolute Gasteiger partial charge is 0.395 e. The molecular weight excluding hydrogens is 278 g/mol. The van der Waals surface area contributed by atoms with Crippen molar-refractivity contribution in [2.45, 2.75) is 25.8 Å². The van der Waals surface area contributed by atoms with Crippen molar-refractivity contribution in [3.63, 3.8) is 0 Å². The fourth-order valence-electron chi connectivity index (χ4n) is 3.06. The number of nitrogens with zero attached hydrogens (tertiary/aromatic N) is 2. The zero-order chi connectivity index (χ0) is 15.4. The Kier molecular flexibility index (Phi) is 4.53. The average molecular weight is 299 g/mol. The van der Waals surface area contributed by atoms with Crippen LogP contribution in [0.1, 0.15) is 23.4 Å². The Labute approximate surface area is 130 Å². The van der Waals surface area contributed by atoms with Gasteiger partial charge in [-0.3, -0.25) is 4.79 Å². The second-order valence-corrected chi connectivity index (χ2v) is 5.74. The maximum atomic E-state index is 12.8. The summed E-state index contributed by atoms with van der Waals surface area (Å²) in [6.45, 7) is 0.910. The Balaban J connectivity index is 1.70. The highest BCUT2D eigenvalue weighted by Crippen LogP contribution is 2.25. The van der Waals surface area contributed by atoms with Crippen molar-refractivity contribution >= 4 is 5.91 Å². The molecule has 0 bridgehead atoms. The van der Waals surface area contributed by atoms with Crippen LogP contribution < -0.4 is 0 Å². The molecule has 0 unspecified atom stereocenters. The number of imidazole rings is 1. The van der Waals surface area contributed by atoms with E-state index in [1.54, 1.807) is 11.2 Å². The molecule has 1 amide bonds. The zero-order valence-electron chi connectivity index (χ0n) is 12.5. The molecule has 2 N–H and O–H groups in total. The number of nitrogens with one attached hydrogen (secondary N) is 1. The van der Waals surface area contributed by atoms with Crippen molar-refractivity contribution in [2.75, 3.05) is 13.2 Å². The van der Waals surface area contributed by atoms with E-state index in [1.165, 1.54) is 0 Å². The average Bonchev–Trinajstić information content (AvgIpc) is 3.02. The first kappa shape index (κ1) is 14.8. The second kappa shape index (κ2) is 6.75. The lowest BCUT2D eigenvalue weighted by atomic mass is 9.88. The van der Waals surface area contributed by atoms with E-state index in [1.807, 2.05) is 30.3 Å². The summed E-state index contributed by atoms with van der Waals surface area (Å²) in [5, 5.41) is 9.28. The van der Waals surface area contributed by atoms with E-state index >= 15 is 0 Å². The minimum Gasteiger partial charge on any atom is -0.395 e. The van der Waals surface area contributed by atoms with Crippen molar-refractivity contribution < 1.29 is 9.90 Å². The van der Waals surface area contributed by atoms with Gasteiger partial charge in [0.15, 0.2) is 0 Å². The van der Waals surface area contributed by atoms with Crippen LogP contribution >= 0.6 is 0 Å². The van der Waals surface area contributed by atoms with Crippen molar-refractivity contribution in [1.29, 1.82) is 0 Å². The Morgan fingerprint density at radius 3 is 2.95 bits per heavy atom. The van der Waals surface area contributed by atoms with E-state index in [4.69, 9.17) is 0 Å². The van der Waals surface area contributed by atoms with E-state index in [9.17, 15) is 9.90 Å². The van der Waals surface area contributed by atoms with E-state index in [0.717, 1.165) is 29.8 Å². The van der Waals surface area contributed by atoms with Crippen molar-refractivity contribution in [2.24, 2.45) is 5.92 Å². The normalized spacial score (nSPS) is 17.0. The summed E-state index contributed by atoms with van der Waals surface area (Å²) >= 11 is 0. The number of aromatic nitrogens is 2. The molecule has 5 nitrogen and oxygen atoms in total. The number of hydrogen-bond donors (Lipinski definition) is 2. The Morgan fingerprint density at radius 2 is 2.18 bits per heavy atom. The molecule has 116 valence electrons. The monoisotopic (exact) mass is 299 g/mol. The number of fused-ring (bicyclic) bond motifs is 1. The van der Waals surface area contributed by atoms with Crippen LogP contribution in [0, 0.1) is 5.92 Å². The maximum Gasteiger partial charge on any atom is 0.226 e. The number of aryl methyl sites for hydroxylation is 1. The molecule has 22 heavy (non-hydrogen) atoms. The number of hydrogen-bond acceptors (Lipinski definition) is 3. The number of aliphatic hydroxyl groups is 1. The number of H-pyrrole nitrogens is 1. The van der Waals surface area contributed by atoms with Crippen LogP contribution in [0.15, 0.2) is 36.7 Å². The smallest absolute Gasteiger partial charge is 0.226 e. The summed E-state index contributed by atoms with van der Waals surface area (Å²) in [7, 11) is 0. The van der Waals surface area contributed by atoms with Gasteiger partial charge in [-0.05, 0) is 18.4 Å². The number of carbonyl (C=O) groups excluding carboxylic acids is 1. The van der Waals surface area contributed by atoms with Crippen molar-refractivity contribution in [3.05, 3.63) is 53.6 Å². The van der Waals surface area contributed by atoms with Crippen LogP contribution in [0.2, 0.25) is 0 Å². The third kappa shape index (κ3) is 3.20. The highest BCUT2D eigenvalue weighted by molar-refractivity contribution is 5.79. The molecule has 3 rings (SSSR count). The van der Waals surface area contributed by atoms with Crippen molar-refractivity contribution in [1.82, 2.24) is 14.9 Å². The first-order valence-electron chi connectivity index (χ1n) is 7.72. The molecule has 5 heteroatoms. The molecule has 0 radical (unpaired) electrons. The fourth-order valence-corrected chi connectivity index (χ4v) is 3.06. The summed E-state index contributed by atoms with van der Waals surface area (Å²) in [4.78, 5) is 22.0. The van der Waals surface area contributed by atoms with Crippen LogP contribution in [0.3, 0.4) is 0 Å². The fraction of sp³-hybridized carbons (Fsp3) is 0.412. The lowest BCUT2D eigenvalue weighted by Crippen LogP contribution is -2.39. The lowest BCUT2D eigenvalue weighted by Gasteiger charge is -2.28. The third-order valence-corrected chi connectivity index (χ3v) is 4.23. The molecule has 0 saturated heterocycles. The molecule has 1 atom stereocenters. The van der Waals surface area contributed by atoms with Crippen LogP contribution in [0.4, 0.5) is 0 Å². The van der Waals surface area contributed by atoms with Crippen LogP contribution in [-0.4, -0.2) is 39.0 Å². The predicted molar refractivity (Wildman–Crippen MR) is 83.0 cm³/mol. The van der Waals surface area contributed by atoms with Gasteiger partial charge in [0, 0.05) is 31.1 Å². The number of benzene rings is 1. The number of amides is 1. The van der Waals surface area contributed by atoms with Gasteiger partial charge in [-0.1, -0.05) is 30.3 Å². The highest BCUT2D eigenvalue weighted by atomic mass is 16.3. The Morgan fingerprint density at radius 1 is 1.36 bits per heavy atom. The maximum absolute atomic E-state index is 12.8. The first-order valence-corrected chi connectivity index (χ1v) is 7.72. The molecule has 1 aromatic carbocycles. The van der Waals surface area contributed by atoms with Gasteiger partial charge in [-0.2, -0.15) is 0 Å². The summed E-state index contributed by atoms with van der Waals surface area (Å²) in [5.41, 5.74) is 3.25. The number of carbonyl (C=O) groups is 1. The van der Waals surface area contributed by atoms with E-state index in [-0.39, 0.29) is 18.4 Å². The van der Waals surface area contributed by atoms with Gasteiger partial charge in [0.25, 0.3) is 0 Å². The molecule has 2 aromatic rings. The minimum absolute atomic E-state index is 0.0133. The molecule has 0 spiro atoms. The van der Waals surface area contributed by atoms with Crippen LogP contribution in [0.5, 0.6) is 0 Å². The van der Waals surface area contributed by atoms with Gasteiger partial charge < -0.3 is 15.0 Å². The molecule has 0 saturated carbocycles. The van der Waals surface area contributed by atoms with Gasteiger partial charge in [0.05, 0.1) is 18.6 Å². The molecular formula is C17H21N3O2. The number of aromatic amines is 1. The summed E-state index contributed by atoms with van der Waals surface area (Å²) < 4.78 is 0. The molecule has 1 aromatic heterocycles. The second-order valence-electron chi connectivity index (χ2n) is 5.74. The summed E-state index contributed by atoms with van der Waals surface area (Å²) in [6, 6.07) is 9.91. The summed E-state index contributed by atoms with van der Waals surface area (Å²) in [6.07, 6.45) is 4.08. The standard InChI is InChI=1S/C17H21N3O2/c21-9-8-20(11-13-4-2-1-3-5-13)17(22)14-6-7-15-16(10-14)19-12-18-15/h1-5,12,14,21H,6-11H2,(H,18,19)/t14-/m0/s1. The topological polar surface area (TPSA) is 69.2 Å². The molecule has 1 aliphatic carbocycles. The van der Waals surface area contributed by atoms with Crippen LogP contribution in [-0.2, 0) is 24.2 Å². The SMILES string of the molecule is O=C([C@H]1CCc2nc[nH]c2C1)N(CCO)Cc1ccccc1. The van der Waals surface area contributed by atoms with Gasteiger partial charge >= 0.3 is 0 Å². The predicted octanol–water partition coefficient (Wildman–Crippen LogP) is 1.54. The molecule has 1 aliphatic rings. The molecule has 1 heterocycles. The van der Waals surface area contributed by atoms with E-state index < -0.39 is 0 Å². The number of aliphatic hydroxyl groups excluding tert-OH is 1. The van der Waals surface area contributed by atoms with Gasteiger partial charge in [-0.15, -0.1) is 0 Å². The van der Waals surface area contributed by atoms with Gasteiger partial charge in [0.1, 0.15) is 0 Å². The Hall–Kier alpha value is -2.14. The van der Waals surface area contributed by atoms with E-state index in [0.29, 0.717) is 19.5 Å². The third-order valence-electron chi connectivity index (χ3n) is 4.23. The van der Waals surface area contributed by atoms with E-state index in [2.05, 4.69) is 9.97 Å². The zero-order valence-corrected chi connectivity index (χ0v) is 12.5. The first-order chi connectivity index (χ1) is 10.8. The van der Waals surface area contributed by atoms with Crippen LogP contribution in [0.25, 0.3) is 0 Å². The Bertz CT molecular complexity index is 624.